The van der Waals surface area contributed by atoms with Crippen molar-refractivity contribution in [3.8, 4) is 11.3 Å². The molecule has 340 valence electrons. The Morgan fingerprint density at radius 3 is 1.75 bits per heavy atom. The third-order valence-corrected chi connectivity index (χ3v) is 11.1. The van der Waals surface area contributed by atoms with E-state index in [2.05, 4.69) is 26.3 Å². The van der Waals surface area contributed by atoms with Gasteiger partial charge in [0.15, 0.2) is 5.78 Å². The van der Waals surface area contributed by atoms with E-state index in [0.29, 0.717) is 61.3 Å². The number of alkyl carbamates (subject to hydrolysis) is 2. The van der Waals surface area contributed by atoms with Gasteiger partial charge in [0.2, 0.25) is 5.91 Å². The van der Waals surface area contributed by atoms with Gasteiger partial charge >= 0.3 is 18.2 Å². The average molecular weight is 884 g/mol. The van der Waals surface area contributed by atoms with Crippen molar-refractivity contribution in [2.75, 3.05) is 23.7 Å². The number of nitrogens with one attached hydrogen (secondary N) is 5. The normalized spacial score (nSPS) is 17.2. The van der Waals surface area contributed by atoms with E-state index in [-0.39, 0.29) is 11.7 Å². The number of aromatic amines is 1. The molecular formula is C50H57N7O8. The number of hydrogen-bond donors (Lipinski definition) is 5. The minimum Gasteiger partial charge on any atom is -0.444 e. The van der Waals surface area contributed by atoms with Crippen molar-refractivity contribution in [3.63, 3.8) is 0 Å². The molecule has 3 heterocycles. The number of Topliss-reactive ketones (excluding diaryl/α,β-unsaturated/α-hetero) is 1. The van der Waals surface area contributed by atoms with E-state index >= 15 is 0 Å². The molecule has 1 unspecified atom stereocenters. The molecule has 2 fully saturated rings. The van der Waals surface area contributed by atoms with Crippen molar-refractivity contribution in [1.29, 1.82) is 0 Å². The molecule has 1 aromatic heterocycles. The Morgan fingerprint density at radius 2 is 1.15 bits per heavy atom. The number of benzene rings is 4. The third kappa shape index (κ3) is 11.5. The highest BCUT2D eigenvalue weighted by molar-refractivity contribution is 6.01. The standard InChI is InChI=1S/C50H57N7O8/c1-49(2,3)64-47(62)54-41(32-15-9-7-10-16-32)43(58)39-19-13-28-57(39)46(61)52-36-25-26-37-34(29-36)30-38(53-37)31-21-23-35(24-22-31)51-44(59)40-20-14-27-56(40)45(60)42(33-17-11-8-12-18-33)55-48(63)65-50(4,5)6/h7-12,15-18,21-26,29-30,39-42,53H,13-14,19-20,27-28H2,1-6H3,(H,51,59)(H,52,61)(H,54,62)(H,55,63)/t39?,40-,41+,42+/m0/s1. The van der Waals surface area contributed by atoms with Crippen LogP contribution in [-0.4, -0.2) is 87.0 Å². The Balaban J connectivity index is 0.988. The first kappa shape index (κ1) is 45.9. The first-order valence-corrected chi connectivity index (χ1v) is 22.0. The summed E-state index contributed by atoms with van der Waals surface area (Å²) >= 11 is 0. The summed E-state index contributed by atoms with van der Waals surface area (Å²) in [6.45, 7) is 11.2. The number of ether oxygens (including phenoxy) is 2. The van der Waals surface area contributed by atoms with E-state index in [0.717, 1.165) is 22.2 Å². The molecule has 15 heteroatoms. The number of rotatable bonds is 11. The summed E-state index contributed by atoms with van der Waals surface area (Å²) in [7, 11) is 0. The summed E-state index contributed by atoms with van der Waals surface area (Å²) < 4.78 is 10.9. The zero-order valence-corrected chi connectivity index (χ0v) is 37.6. The highest BCUT2D eigenvalue weighted by Crippen LogP contribution is 2.31. The van der Waals surface area contributed by atoms with Crippen molar-refractivity contribution >= 4 is 58.1 Å². The zero-order chi connectivity index (χ0) is 46.5. The molecule has 0 bridgehead atoms. The lowest BCUT2D eigenvalue weighted by Crippen LogP contribution is -2.49. The summed E-state index contributed by atoms with van der Waals surface area (Å²) in [5, 5.41) is 12.2. The van der Waals surface area contributed by atoms with E-state index in [1.54, 1.807) is 108 Å². The third-order valence-electron chi connectivity index (χ3n) is 11.1. The minimum atomic E-state index is -1.04. The predicted molar refractivity (Wildman–Crippen MR) is 248 cm³/mol. The number of carbonyl (C=O) groups excluding carboxylic acids is 6. The summed E-state index contributed by atoms with van der Waals surface area (Å²) in [5.41, 5.74) is 3.26. The first-order chi connectivity index (χ1) is 30.9. The molecule has 5 aromatic rings. The number of ketones is 1. The van der Waals surface area contributed by atoms with Crippen molar-refractivity contribution < 1.29 is 38.2 Å². The Labute approximate surface area is 378 Å². The lowest BCUT2D eigenvalue weighted by atomic mass is 9.96. The summed E-state index contributed by atoms with van der Waals surface area (Å²) in [4.78, 5) is 87.6. The summed E-state index contributed by atoms with van der Waals surface area (Å²) in [5.74, 6) is -1.03. The number of hydrogen-bond acceptors (Lipinski definition) is 8. The Bertz CT molecular complexity index is 2530. The van der Waals surface area contributed by atoms with Gasteiger partial charge in [-0.2, -0.15) is 0 Å². The van der Waals surface area contributed by atoms with Gasteiger partial charge in [-0.1, -0.05) is 72.8 Å². The highest BCUT2D eigenvalue weighted by atomic mass is 16.6. The van der Waals surface area contributed by atoms with Crippen LogP contribution in [0.1, 0.15) is 90.4 Å². The monoisotopic (exact) mass is 883 g/mol. The maximum atomic E-state index is 14.1. The largest absolute Gasteiger partial charge is 0.444 e. The molecule has 15 nitrogen and oxygen atoms in total. The topological polar surface area (TPSA) is 191 Å². The van der Waals surface area contributed by atoms with Gasteiger partial charge in [0, 0.05) is 41.1 Å². The highest BCUT2D eigenvalue weighted by Gasteiger charge is 2.40. The van der Waals surface area contributed by atoms with Crippen LogP contribution < -0.4 is 21.3 Å². The fraction of sp³-hybridized carbons (Fsp3) is 0.360. The van der Waals surface area contributed by atoms with E-state index in [1.165, 1.54) is 9.80 Å². The zero-order valence-electron chi connectivity index (χ0n) is 37.6. The molecule has 6 amide bonds. The maximum Gasteiger partial charge on any atom is 0.408 e. The van der Waals surface area contributed by atoms with Crippen LogP contribution in [0.4, 0.5) is 25.8 Å². The van der Waals surface area contributed by atoms with Crippen LogP contribution in [0.25, 0.3) is 22.2 Å². The molecule has 0 radical (unpaired) electrons. The average Bonchev–Trinajstić information content (AvgIpc) is 4.05. The molecule has 0 aliphatic carbocycles. The van der Waals surface area contributed by atoms with Gasteiger partial charge in [-0.15, -0.1) is 0 Å². The molecule has 0 spiro atoms. The number of likely N-dealkylation sites (tertiary alicyclic amines) is 2. The SMILES string of the molecule is CC(C)(C)OC(=O)N[C@@H](C(=O)C1CCCN1C(=O)Nc1ccc2[nH]c(-c3ccc(NC(=O)[C@@H]4CCCN4C(=O)[C@H](NC(=O)OC(C)(C)C)c4ccccc4)cc3)cc2c1)c1ccccc1. The summed E-state index contributed by atoms with van der Waals surface area (Å²) in [6.07, 6.45) is 0.738. The molecule has 5 N–H and O–H groups in total. The number of aromatic nitrogens is 1. The Morgan fingerprint density at radius 1 is 0.615 bits per heavy atom. The smallest absolute Gasteiger partial charge is 0.408 e. The van der Waals surface area contributed by atoms with Crippen LogP contribution in [0.15, 0.2) is 109 Å². The molecule has 65 heavy (non-hydrogen) atoms. The quantitative estimate of drug-likeness (QED) is 0.0869. The fourth-order valence-electron chi connectivity index (χ4n) is 8.23. The van der Waals surface area contributed by atoms with E-state index in [1.807, 2.05) is 42.5 Å². The lowest BCUT2D eigenvalue weighted by molar-refractivity contribution is -0.138. The predicted octanol–water partition coefficient (Wildman–Crippen LogP) is 8.86. The fourth-order valence-corrected chi connectivity index (χ4v) is 8.23. The van der Waals surface area contributed by atoms with Gasteiger partial charge in [-0.3, -0.25) is 14.4 Å². The summed E-state index contributed by atoms with van der Waals surface area (Å²) in [6, 6.07) is 28.7. The van der Waals surface area contributed by atoms with Crippen LogP contribution >= 0.6 is 0 Å². The van der Waals surface area contributed by atoms with Crippen LogP contribution in [-0.2, 0) is 23.9 Å². The van der Waals surface area contributed by atoms with Crippen molar-refractivity contribution in [3.05, 3.63) is 120 Å². The molecule has 0 saturated carbocycles. The van der Waals surface area contributed by atoms with Crippen molar-refractivity contribution in [2.24, 2.45) is 0 Å². The van der Waals surface area contributed by atoms with Crippen LogP contribution in [0.3, 0.4) is 0 Å². The second-order valence-electron chi connectivity index (χ2n) is 18.4. The number of H-pyrrole nitrogens is 1. The second-order valence-corrected chi connectivity index (χ2v) is 18.4. The van der Waals surface area contributed by atoms with Gasteiger partial charge in [0.05, 0.1) is 6.04 Å². The first-order valence-electron chi connectivity index (χ1n) is 22.0. The van der Waals surface area contributed by atoms with Crippen molar-refractivity contribution in [1.82, 2.24) is 25.4 Å². The number of carbonyl (C=O) groups is 6. The van der Waals surface area contributed by atoms with Gasteiger partial charge in [0.25, 0.3) is 5.91 Å². The molecule has 4 aromatic carbocycles. The van der Waals surface area contributed by atoms with E-state index < -0.39 is 59.5 Å². The van der Waals surface area contributed by atoms with Gasteiger partial charge in [0.1, 0.15) is 29.3 Å². The molecule has 2 saturated heterocycles. The Hall–Kier alpha value is -7.16. The number of fused-ring (bicyclic) bond motifs is 1. The number of anilines is 2. The van der Waals surface area contributed by atoms with Crippen molar-refractivity contribution in [2.45, 2.75) is 103 Å². The van der Waals surface area contributed by atoms with Crippen LogP contribution in [0.5, 0.6) is 0 Å². The van der Waals surface area contributed by atoms with Gasteiger partial charge in [-0.25, -0.2) is 14.4 Å². The minimum absolute atomic E-state index is 0.303. The molecule has 7 rings (SSSR count). The second kappa shape index (κ2) is 19.3. The number of nitrogens with zero attached hydrogens (tertiary/aromatic N) is 2. The maximum absolute atomic E-state index is 14.1. The number of urea groups is 1. The van der Waals surface area contributed by atoms with Gasteiger partial charge in [-0.05, 0) is 120 Å². The van der Waals surface area contributed by atoms with Crippen LogP contribution in [0, 0.1) is 0 Å². The van der Waals surface area contributed by atoms with E-state index in [9.17, 15) is 28.8 Å². The van der Waals surface area contributed by atoms with E-state index in [4.69, 9.17) is 9.47 Å². The number of amides is 6. The molecular weight excluding hydrogens is 827 g/mol. The van der Waals surface area contributed by atoms with Crippen LogP contribution in [0.2, 0.25) is 0 Å². The Kier molecular flexibility index (Phi) is 13.6. The van der Waals surface area contributed by atoms with Gasteiger partial charge < -0.3 is 45.5 Å². The molecule has 2 aliphatic heterocycles. The lowest BCUT2D eigenvalue weighted by Gasteiger charge is -2.29. The molecule has 4 atom stereocenters. The molecule has 2 aliphatic rings.